The summed E-state index contributed by atoms with van der Waals surface area (Å²) in [5.74, 6) is 1.39. The molecule has 1 heterocycles. The fourth-order valence-electron chi connectivity index (χ4n) is 2.46. The van der Waals surface area contributed by atoms with Gasteiger partial charge in [0.05, 0.1) is 0 Å². The van der Waals surface area contributed by atoms with Crippen molar-refractivity contribution in [3.8, 4) is 0 Å². The predicted molar refractivity (Wildman–Crippen MR) is 74.7 cm³/mol. The molecule has 1 N–H and O–H groups in total. The first-order valence-corrected chi connectivity index (χ1v) is 8.54. The second-order valence-electron chi connectivity index (χ2n) is 5.16. The molecular formula is C12H20ClN3O2S. The van der Waals surface area contributed by atoms with E-state index in [-0.39, 0.29) is 17.0 Å². The highest BCUT2D eigenvalue weighted by Crippen LogP contribution is 2.26. The Bertz CT molecular complexity index is 522. The van der Waals surface area contributed by atoms with Crippen LogP contribution < -0.4 is 4.72 Å². The van der Waals surface area contributed by atoms with Crippen LogP contribution in [0.15, 0.2) is 11.2 Å². The maximum atomic E-state index is 12.3. The van der Waals surface area contributed by atoms with Gasteiger partial charge in [0.2, 0.25) is 0 Å². The Morgan fingerprint density at radius 3 is 2.74 bits per heavy atom. The lowest BCUT2D eigenvalue weighted by molar-refractivity contribution is 0.313. The topological polar surface area (TPSA) is 64.0 Å². The molecule has 1 fully saturated rings. The van der Waals surface area contributed by atoms with E-state index in [2.05, 4.69) is 9.71 Å². The molecule has 0 saturated heterocycles. The zero-order valence-corrected chi connectivity index (χ0v) is 12.8. The minimum Gasteiger partial charge on any atom is -0.337 e. The lowest BCUT2D eigenvalue weighted by Gasteiger charge is -2.30. The first kappa shape index (κ1) is 14.8. The number of rotatable bonds is 4. The molecule has 1 aromatic heterocycles. The molecule has 0 spiro atoms. The molecule has 7 heteroatoms. The summed E-state index contributed by atoms with van der Waals surface area (Å²) in [5, 5.41) is 0.0893. The van der Waals surface area contributed by atoms with Gasteiger partial charge in [-0.2, -0.15) is 0 Å². The molecule has 1 saturated carbocycles. The van der Waals surface area contributed by atoms with Gasteiger partial charge in [-0.25, -0.2) is 18.1 Å². The first-order valence-electron chi connectivity index (χ1n) is 6.52. The number of hydrogen-bond donors (Lipinski definition) is 1. The summed E-state index contributed by atoms with van der Waals surface area (Å²) in [5.41, 5.74) is 0. The smallest absolute Gasteiger partial charge is 0.259 e. The zero-order chi connectivity index (χ0) is 14.0. The van der Waals surface area contributed by atoms with Crippen LogP contribution in [-0.4, -0.2) is 29.9 Å². The summed E-state index contributed by atoms with van der Waals surface area (Å²) < 4.78 is 29.1. The Hall–Kier alpha value is -0.590. The van der Waals surface area contributed by atoms with Gasteiger partial charge in [0.1, 0.15) is 5.82 Å². The maximum Gasteiger partial charge on any atom is 0.259 e. The van der Waals surface area contributed by atoms with Gasteiger partial charge in [0.25, 0.3) is 10.0 Å². The minimum atomic E-state index is -3.55. The Morgan fingerprint density at radius 2 is 2.16 bits per heavy atom. The van der Waals surface area contributed by atoms with Crippen molar-refractivity contribution in [1.29, 1.82) is 0 Å². The molecule has 0 radical (unpaired) electrons. The number of sulfonamides is 1. The lowest BCUT2D eigenvalue weighted by atomic mass is 9.86. The van der Waals surface area contributed by atoms with Crippen LogP contribution in [0.1, 0.15) is 31.5 Å². The molecule has 0 aromatic carbocycles. The molecule has 1 aliphatic carbocycles. The Morgan fingerprint density at radius 1 is 1.47 bits per heavy atom. The second kappa shape index (κ2) is 5.81. The second-order valence-corrected chi connectivity index (χ2v) is 7.13. The van der Waals surface area contributed by atoms with E-state index in [1.807, 2.05) is 0 Å². The van der Waals surface area contributed by atoms with Crippen molar-refractivity contribution in [1.82, 2.24) is 14.3 Å². The summed E-state index contributed by atoms with van der Waals surface area (Å²) in [4.78, 5) is 4.08. The van der Waals surface area contributed by atoms with E-state index in [9.17, 15) is 8.42 Å². The van der Waals surface area contributed by atoms with Crippen molar-refractivity contribution in [3.05, 3.63) is 12.0 Å². The van der Waals surface area contributed by atoms with E-state index in [0.29, 0.717) is 11.7 Å². The van der Waals surface area contributed by atoms with Crippen molar-refractivity contribution < 1.29 is 8.42 Å². The third-order valence-electron chi connectivity index (χ3n) is 3.78. The van der Waals surface area contributed by atoms with Crippen LogP contribution in [0.4, 0.5) is 0 Å². The van der Waals surface area contributed by atoms with Gasteiger partial charge in [-0.05, 0) is 25.7 Å². The van der Waals surface area contributed by atoms with Crippen LogP contribution in [0.3, 0.4) is 0 Å². The summed E-state index contributed by atoms with van der Waals surface area (Å²) in [6.45, 7) is 1.78. The van der Waals surface area contributed by atoms with E-state index in [0.717, 1.165) is 25.7 Å². The fraction of sp³-hybridized carbons (Fsp3) is 0.750. The summed E-state index contributed by atoms with van der Waals surface area (Å²) in [6.07, 6.45) is 5.54. The third kappa shape index (κ3) is 3.30. The van der Waals surface area contributed by atoms with Crippen LogP contribution in [0.25, 0.3) is 0 Å². The molecule has 0 amide bonds. The summed E-state index contributed by atoms with van der Waals surface area (Å²) >= 11 is 5.92. The molecule has 0 bridgehead atoms. The van der Waals surface area contributed by atoms with E-state index in [1.54, 1.807) is 18.5 Å². The number of halogens is 1. The van der Waals surface area contributed by atoms with Crippen LogP contribution in [0, 0.1) is 12.8 Å². The number of nitrogens with zero attached hydrogens (tertiary/aromatic N) is 2. The van der Waals surface area contributed by atoms with Crippen LogP contribution in [-0.2, 0) is 17.1 Å². The van der Waals surface area contributed by atoms with Crippen molar-refractivity contribution >= 4 is 21.6 Å². The Kier molecular flexibility index (Phi) is 4.53. The molecule has 2 unspecified atom stereocenters. The molecule has 5 nitrogen and oxygen atoms in total. The average Bonchev–Trinajstić information content (AvgIpc) is 2.71. The van der Waals surface area contributed by atoms with Gasteiger partial charge in [-0.15, -0.1) is 11.6 Å². The highest BCUT2D eigenvalue weighted by molar-refractivity contribution is 7.89. The average molecular weight is 306 g/mol. The van der Waals surface area contributed by atoms with Gasteiger partial charge < -0.3 is 4.57 Å². The monoisotopic (exact) mass is 305 g/mol. The molecule has 1 aromatic rings. The molecular weight excluding hydrogens is 286 g/mol. The van der Waals surface area contributed by atoms with Crippen LogP contribution >= 0.6 is 11.6 Å². The predicted octanol–water partition coefficient (Wildman–Crippen LogP) is 1.80. The number of aromatic nitrogens is 2. The van der Waals surface area contributed by atoms with Gasteiger partial charge in [0.15, 0.2) is 5.03 Å². The zero-order valence-electron chi connectivity index (χ0n) is 11.3. The standard InChI is InChI=1S/C12H20ClN3O2S/c1-9-14-12(8-16(9)2)19(17,18)15-11-6-4-3-5-10(11)7-13/h8,10-11,15H,3-7H2,1-2H3. The number of alkyl halides is 1. The van der Waals surface area contributed by atoms with Gasteiger partial charge in [-0.3, -0.25) is 0 Å². The molecule has 108 valence electrons. The highest BCUT2D eigenvalue weighted by atomic mass is 35.5. The van der Waals surface area contributed by atoms with Gasteiger partial charge in [0, 0.05) is 25.2 Å². The minimum absolute atomic E-state index is 0.0708. The van der Waals surface area contributed by atoms with Crippen molar-refractivity contribution in [2.75, 3.05) is 5.88 Å². The number of aryl methyl sites for hydroxylation is 2. The van der Waals surface area contributed by atoms with Crippen molar-refractivity contribution in [2.24, 2.45) is 13.0 Å². The Labute approximate surface area is 119 Å². The normalized spacial score (nSPS) is 24.6. The van der Waals surface area contributed by atoms with Crippen LogP contribution in [0.5, 0.6) is 0 Å². The van der Waals surface area contributed by atoms with E-state index >= 15 is 0 Å². The van der Waals surface area contributed by atoms with Crippen LogP contribution in [0.2, 0.25) is 0 Å². The number of imidazole rings is 1. The van der Waals surface area contributed by atoms with E-state index in [4.69, 9.17) is 11.6 Å². The summed E-state index contributed by atoms with van der Waals surface area (Å²) in [6, 6.07) is -0.0708. The fourth-order valence-corrected chi connectivity index (χ4v) is 4.21. The quantitative estimate of drug-likeness (QED) is 0.863. The molecule has 1 aliphatic rings. The largest absolute Gasteiger partial charge is 0.337 e. The SMILES string of the molecule is Cc1nc(S(=O)(=O)NC2CCCCC2CCl)cn1C. The van der Waals surface area contributed by atoms with Crippen molar-refractivity contribution in [3.63, 3.8) is 0 Å². The maximum absolute atomic E-state index is 12.3. The third-order valence-corrected chi connectivity index (χ3v) is 5.53. The van der Waals surface area contributed by atoms with E-state index < -0.39 is 10.0 Å². The molecule has 2 atom stereocenters. The van der Waals surface area contributed by atoms with Crippen molar-refractivity contribution in [2.45, 2.75) is 43.7 Å². The summed E-state index contributed by atoms with van der Waals surface area (Å²) in [7, 11) is -1.76. The molecule has 0 aliphatic heterocycles. The highest BCUT2D eigenvalue weighted by Gasteiger charge is 2.30. The van der Waals surface area contributed by atoms with Gasteiger partial charge in [-0.1, -0.05) is 12.8 Å². The number of hydrogen-bond acceptors (Lipinski definition) is 3. The van der Waals surface area contributed by atoms with E-state index in [1.165, 1.54) is 6.20 Å². The van der Waals surface area contributed by atoms with Gasteiger partial charge >= 0.3 is 0 Å². The first-order chi connectivity index (χ1) is 8.94. The number of nitrogens with one attached hydrogen (secondary N) is 1. The molecule has 2 rings (SSSR count). The lowest BCUT2D eigenvalue weighted by Crippen LogP contribution is -2.42. The Balaban J connectivity index is 2.16. The molecule has 19 heavy (non-hydrogen) atoms.